The zero-order chi connectivity index (χ0) is 22.2. The Balaban J connectivity index is 1.77. The third-order valence-electron chi connectivity index (χ3n) is 4.54. The van der Waals surface area contributed by atoms with Crippen LogP contribution in [0.1, 0.15) is 6.42 Å². The predicted molar refractivity (Wildman–Crippen MR) is 120 cm³/mol. The molecule has 0 aliphatic carbocycles. The average molecular weight is 441 g/mol. The number of para-hydroxylation sites is 2. The van der Waals surface area contributed by atoms with Crippen molar-refractivity contribution in [2.45, 2.75) is 11.6 Å². The monoisotopic (exact) mass is 440 g/mol. The second kappa shape index (κ2) is 10.5. The number of anilines is 1. The first-order chi connectivity index (χ1) is 15.0. The molecule has 1 aromatic heterocycles. The van der Waals surface area contributed by atoms with Gasteiger partial charge in [0.15, 0.2) is 5.16 Å². The number of aromatic nitrogens is 2. The largest absolute Gasteiger partial charge is 0.497 e. The zero-order valence-corrected chi connectivity index (χ0v) is 18.2. The van der Waals surface area contributed by atoms with Gasteiger partial charge in [0, 0.05) is 31.0 Å². The first kappa shape index (κ1) is 22.2. The van der Waals surface area contributed by atoms with Crippen molar-refractivity contribution in [1.29, 1.82) is 0 Å². The van der Waals surface area contributed by atoms with Gasteiger partial charge in [-0.1, -0.05) is 23.9 Å². The minimum Gasteiger partial charge on any atom is -0.497 e. The van der Waals surface area contributed by atoms with Gasteiger partial charge in [0.25, 0.3) is 0 Å². The van der Waals surface area contributed by atoms with Crippen LogP contribution in [0.3, 0.4) is 0 Å². The van der Waals surface area contributed by atoms with Crippen LogP contribution in [0.15, 0.2) is 66.1 Å². The van der Waals surface area contributed by atoms with E-state index < -0.39 is 5.91 Å². The van der Waals surface area contributed by atoms with Crippen molar-refractivity contribution in [3.63, 3.8) is 0 Å². The van der Waals surface area contributed by atoms with Gasteiger partial charge in [0.2, 0.25) is 11.8 Å². The van der Waals surface area contributed by atoms with Crippen molar-refractivity contribution < 1.29 is 19.1 Å². The van der Waals surface area contributed by atoms with Gasteiger partial charge in [0.05, 0.1) is 25.7 Å². The molecule has 9 heteroatoms. The Morgan fingerprint density at radius 1 is 1.10 bits per heavy atom. The van der Waals surface area contributed by atoms with E-state index in [4.69, 9.17) is 15.2 Å². The smallest absolute Gasteiger partial charge is 0.237 e. The summed E-state index contributed by atoms with van der Waals surface area (Å²) in [7, 11) is 3.15. The van der Waals surface area contributed by atoms with E-state index in [1.165, 1.54) is 23.8 Å². The van der Waals surface area contributed by atoms with Gasteiger partial charge in [-0.05, 0) is 36.4 Å². The number of amides is 2. The van der Waals surface area contributed by atoms with Crippen LogP contribution in [0.2, 0.25) is 0 Å². The molecule has 0 bridgehead atoms. The number of ether oxygens (including phenoxy) is 2. The molecule has 2 N–H and O–H groups in total. The molecule has 0 aliphatic heterocycles. The Labute approximate surface area is 185 Å². The van der Waals surface area contributed by atoms with Crippen LogP contribution >= 0.6 is 11.8 Å². The van der Waals surface area contributed by atoms with E-state index in [9.17, 15) is 9.59 Å². The van der Waals surface area contributed by atoms with Gasteiger partial charge < -0.3 is 20.1 Å². The van der Waals surface area contributed by atoms with Crippen LogP contribution in [-0.4, -0.2) is 47.9 Å². The molecule has 0 unspecified atom stereocenters. The number of carbonyl (C=O) groups is 2. The van der Waals surface area contributed by atoms with Gasteiger partial charge in [-0.25, -0.2) is 4.98 Å². The molecule has 2 aromatic carbocycles. The third kappa shape index (κ3) is 5.58. The van der Waals surface area contributed by atoms with Crippen molar-refractivity contribution in [2.75, 3.05) is 31.4 Å². The summed E-state index contributed by atoms with van der Waals surface area (Å²) in [5.41, 5.74) is 6.81. The van der Waals surface area contributed by atoms with Crippen LogP contribution in [-0.2, 0) is 9.59 Å². The minimum atomic E-state index is -0.476. The molecular formula is C22H24N4O4S. The van der Waals surface area contributed by atoms with Crippen LogP contribution < -0.4 is 20.1 Å². The summed E-state index contributed by atoms with van der Waals surface area (Å²) in [5.74, 6) is 0.778. The van der Waals surface area contributed by atoms with E-state index in [0.29, 0.717) is 16.6 Å². The molecule has 0 aliphatic rings. The summed E-state index contributed by atoms with van der Waals surface area (Å²) in [6.07, 6.45) is 3.57. The number of benzene rings is 2. The van der Waals surface area contributed by atoms with E-state index in [1.807, 2.05) is 47.2 Å². The molecule has 2 amide bonds. The van der Waals surface area contributed by atoms with E-state index >= 15 is 0 Å². The number of thioether (sulfide) groups is 1. The highest BCUT2D eigenvalue weighted by Crippen LogP contribution is 2.29. The van der Waals surface area contributed by atoms with Crippen molar-refractivity contribution in [1.82, 2.24) is 9.55 Å². The normalized spacial score (nSPS) is 10.5. The average Bonchev–Trinajstić information content (AvgIpc) is 3.26. The Morgan fingerprint density at radius 3 is 2.52 bits per heavy atom. The number of imidazole rings is 1. The summed E-state index contributed by atoms with van der Waals surface area (Å²) in [5, 5.41) is 0.674. The minimum absolute atomic E-state index is 0.0505. The summed E-state index contributed by atoms with van der Waals surface area (Å²) < 4.78 is 12.5. The maximum atomic E-state index is 13.1. The number of carbonyl (C=O) groups excluding carboxylic acids is 2. The first-order valence-corrected chi connectivity index (χ1v) is 10.5. The summed E-state index contributed by atoms with van der Waals surface area (Å²) >= 11 is 1.31. The maximum absolute atomic E-state index is 13.1. The fourth-order valence-electron chi connectivity index (χ4n) is 2.99. The highest BCUT2D eigenvalue weighted by molar-refractivity contribution is 7.99. The topological polar surface area (TPSA) is 99.7 Å². The van der Waals surface area contributed by atoms with E-state index in [-0.39, 0.29) is 24.6 Å². The van der Waals surface area contributed by atoms with Crippen molar-refractivity contribution in [3.05, 3.63) is 60.9 Å². The lowest BCUT2D eigenvalue weighted by atomic mass is 10.2. The SMILES string of the molecule is COc1ccc(-n2ccnc2SCC(=O)N(CCC(N)=O)c2ccccc2OC)cc1. The highest BCUT2D eigenvalue weighted by Gasteiger charge is 2.21. The van der Waals surface area contributed by atoms with Gasteiger partial charge in [-0.15, -0.1) is 0 Å². The number of nitrogens with zero attached hydrogens (tertiary/aromatic N) is 3. The maximum Gasteiger partial charge on any atom is 0.237 e. The number of nitrogens with two attached hydrogens (primary N) is 1. The number of rotatable bonds is 10. The summed E-state index contributed by atoms with van der Waals surface area (Å²) in [4.78, 5) is 30.3. The Morgan fingerprint density at radius 2 is 1.84 bits per heavy atom. The molecule has 8 nitrogen and oxygen atoms in total. The number of hydrogen-bond donors (Lipinski definition) is 1. The third-order valence-corrected chi connectivity index (χ3v) is 5.49. The molecule has 0 saturated carbocycles. The molecule has 0 saturated heterocycles. The van der Waals surface area contributed by atoms with E-state index in [1.54, 1.807) is 25.4 Å². The van der Waals surface area contributed by atoms with Crippen LogP contribution in [0.5, 0.6) is 11.5 Å². The molecule has 3 rings (SSSR count). The molecule has 0 radical (unpaired) electrons. The molecule has 31 heavy (non-hydrogen) atoms. The second-order valence-electron chi connectivity index (χ2n) is 6.50. The van der Waals surface area contributed by atoms with Gasteiger partial charge in [0.1, 0.15) is 11.5 Å². The van der Waals surface area contributed by atoms with E-state index in [2.05, 4.69) is 4.98 Å². The second-order valence-corrected chi connectivity index (χ2v) is 7.44. The number of hydrogen-bond acceptors (Lipinski definition) is 6. The van der Waals surface area contributed by atoms with Crippen LogP contribution in [0.4, 0.5) is 5.69 Å². The van der Waals surface area contributed by atoms with Crippen molar-refractivity contribution >= 4 is 29.3 Å². The Hall–Kier alpha value is -3.46. The Kier molecular flexibility index (Phi) is 7.55. The van der Waals surface area contributed by atoms with Gasteiger partial charge >= 0.3 is 0 Å². The van der Waals surface area contributed by atoms with Crippen LogP contribution in [0, 0.1) is 0 Å². The Bertz CT molecular complexity index is 1040. The van der Waals surface area contributed by atoms with Crippen molar-refractivity contribution in [2.24, 2.45) is 5.73 Å². The standard InChI is InChI=1S/C22H24N4O4S/c1-29-17-9-7-16(8-10-17)25-14-12-24-22(25)31-15-21(28)26(13-11-20(23)27)18-5-3-4-6-19(18)30-2/h3-10,12,14H,11,13,15H2,1-2H3,(H2,23,27). The van der Waals surface area contributed by atoms with Gasteiger partial charge in [-0.2, -0.15) is 0 Å². The molecule has 3 aromatic rings. The number of methoxy groups -OCH3 is 2. The quantitative estimate of drug-likeness (QED) is 0.487. The first-order valence-electron chi connectivity index (χ1n) is 9.55. The fourth-order valence-corrected chi connectivity index (χ4v) is 3.84. The molecule has 0 fully saturated rings. The highest BCUT2D eigenvalue weighted by atomic mass is 32.2. The lowest BCUT2D eigenvalue weighted by Crippen LogP contribution is -2.35. The van der Waals surface area contributed by atoms with Crippen LogP contribution in [0.25, 0.3) is 5.69 Å². The van der Waals surface area contributed by atoms with E-state index in [0.717, 1.165) is 11.4 Å². The molecule has 162 valence electrons. The lowest BCUT2D eigenvalue weighted by Gasteiger charge is -2.24. The molecule has 0 atom stereocenters. The zero-order valence-electron chi connectivity index (χ0n) is 17.4. The predicted octanol–water partition coefficient (Wildman–Crippen LogP) is 2.89. The molecule has 0 spiro atoms. The summed E-state index contributed by atoms with van der Waals surface area (Å²) in [6, 6.07) is 14.7. The molecular weight excluding hydrogens is 416 g/mol. The molecule has 1 heterocycles. The van der Waals surface area contributed by atoms with Crippen molar-refractivity contribution in [3.8, 4) is 17.2 Å². The number of primary amides is 1. The summed E-state index contributed by atoms with van der Waals surface area (Å²) in [6.45, 7) is 0.169. The lowest BCUT2D eigenvalue weighted by molar-refractivity contribution is -0.118. The van der Waals surface area contributed by atoms with Gasteiger partial charge in [-0.3, -0.25) is 14.2 Å². The fraction of sp³-hybridized carbons (Fsp3) is 0.227.